The molecule has 2 N–H and O–H groups in total. The summed E-state index contributed by atoms with van der Waals surface area (Å²) in [5.74, 6) is 0.338. The van der Waals surface area contributed by atoms with E-state index in [0.29, 0.717) is 25.1 Å². The highest BCUT2D eigenvalue weighted by atomic mass is 19.4. The van der Waals surface area contributed by atoms with Gasteiger partial charge in [0, 0.05) is 25.2 Å². The number of rotatable bonds is 3. The molecule has 22 heavy (non-hydrogen) atoms. The zero-order valence-corrected chi connectivity index (χ0v) is 12.1. The van der Waals surface area contributed by atoms with Crippen LogP contribution in [0, 0.1) is 16.0 Å². The molecule has 0 aromatic heterocycles. The molecule has 1 saturated heterocycles. The van der Waals surface area contributed by atoms with Crippen molar-refractivity contribution in [1.82, 2.24) is 0 Å². The van der Waals surface area contributed by atoms with E-state index >= 15 is 0 Å². The zero-order valence-electron chi connectivity index (χ0n) is 12.1. The summed E-state index contributed by atoms with van der Waals surface area (Å²) in [4.78, 5) is 12.1. The topological polar surface area (TPSA) is 72.4 Å². The number of alkyl halides is 3. The first-order valence-corrected chi connectivity index (χ1v) is 7.06. The number of hydrogen-bond donors (Lipinski definition) is 1. The van der Waals surface area contributed by atoms with Crippen molar-refractivity contribution in [2.75, 3.05) is 18.0 Å². The number of nitrogens with two attached hydrogens (primary N) is 1. The standard InChI is InChI=1S/C14H18F3N3O2/c1-9(18)10-4-6-19(7-5-10)12-3-2-11(14(15,16)17)8-13(12)20(21)22/h2-3,8-10H,4-7,18H2,1H3. The van der Waals surface area contributed by atoms with Gasteiger partial charge in [-0.1, -0.05) is 0 Å². The van der Waals surface area contributed by atoms with Gasteiger partial charge in [0.2, 0.25) is 0 Å². The van der Waals surface area contributed by atoms with E-state index in [4.69, 9.17) is 5.73 Å². The number of nitrogens with zero attached hydrogens (tertiary/aromatic N) is 2. The van der Waals surface area contributed by atoms with Gasteiger partial charge in [-0.05, 0) is 37.8 Å². The summed E-state index contributed by atoms with van der Waals surface area (Å²) < 4.78 is 38.1. The van der Waals surface area contributed by atoms with Gasteiger partial charge in [0.05, 0.1) is 10.5 Å². The Labute approximate surface area is 126 Å². The predicted molar refractivity (Wildman–Crippen MR) is 76.7 cm³/mol. The van der Waals surface area contributed by atoms with Crippen molar-refractivity contribution in [1.29, 1.82) is 0 Å². The minimum atomic E-state index is -4.59. The summed E-state index contributed by atoms with van der Waals surface area (Å²) in [5.41, 5.74) is 4.57. The minimum absolute atomic E-state index is 0.0461. The lowest BCUT2D eigenvalue weighted by atomic mass is 9.90. The predicted octanol–water partition coefficient (Wildman–Crippen LogP) is 3.18. The summed E-state index contributed by atoms with van der Waals surface area (Å²) >= 11 is 0. The van der Waals surface area contributed by atoms with E-state index in [1.54, 1.807) is 4.90 Å². The molecule has 1 atom stereocenters. The molecule has 1 aromatic carbocycles. The van der Waals surface area contributed by atoms with Crippen LogP contribution in [0.4, 0.5) is 24.5 Å². The maximum Gasteiger partial charge on any atom is 0.416 e. The van der Waals surface area contributed by atoms with Gasteiger partial charge in [0.15, 0.2) is 0 Å². The molecule has 0 saturated carbocycles. The second-order valence-corrected chi connectivity index (χ2v) is 5.64. The maximum absolute atomic E-state index is 12.7. The Morgan fingerprint density at radius 3 is 2.41 bits per heavy atom. The van der Waals surface area contributed by atoms with Crippen molar-refractivity contribution >= 4 is 11.4 Å². The first kappa shape index (κ1) is 16.5. The van der Waals surface area contributed by atoms with Gasteiger partial charge in [-0.15, -0.1) is 0 Å². The molecule has 1 unspecified atom stereocenters. The van der Waals surface area contributed by atoms with Crippen molar-refractivity contribution in [2.45, 2.75) is 32.0 Å². The smallest absolute Gasteiger partial charge is 0.366 e. The Bertz CT molecular complexity index is 553. The first-order chi connectivity index (χ1) is 10.2. The largest absolute Gasteiger partial charge is 0.416 e. The molecule has 8 heteroatoms. The van der Waals surface area contributed by atoms with Crippen LogP contribution in [0.5, 0.6) is 0 Å². The highest BCUT2D eigenvalue weighted by molar-refractivity contribution is 5.64. The van der Waals surface area contributed by atoms with Crippen LogP contribution in [0.2, 0.25) is 0 Å². The number of piperidine rings is 1. The van der Waals surface area contributed by atoms with E-state index in [1.807, 2.05) is 6.92 Å². The zero-order chi connectivity index (χ0) is 16.5. The van der Waals surface area contributed by atoms with Gasteiger partial charge in [-0.25, -0.2) is 0 Å². The van der Waals surface area contributed by atoms with Crippen LogP contribution in [-0.4, -0.2) is 24.1 Å². The van der Waals surface area contributed by atoms with Crippen molar-refractivity contribution in [3.63, 3.8) is 0 Å². The molecule has 1 fully saturated rings. The lowest BCUT2D eigenvalue weighted by Gasteiger charge is -2.34. The molecular formula is C14H18F3N3O2. The Balaban J connectivity index is 2.26. The average Bonchev–Trinajstić information content (AvgIpc) is 2.45. The van der Waals surface area contributed by atoms with Crippen LogP contribution in [0.1, 0.15) is 25.3 Å². The van der Waals surface area contributed by atoms with Gasteiger partial charge >= 0.3 is 6.18 Å². The van der Waals surface area contributed by atoms with Crippen LogP contribution in [0.15, 0.2) is 18.2 Å². The summed E-state index contributed by atoms with van der Waals surface area (Å²) in [6, 6.07) is 2.73. The third kappa shape index (κ3) is 3.49. The van der Waals surface area contributed by atoms with Gasteiger partial charge in [0.1, 0.15) is 5.69 Å². The van der Waals surface area contributed by atoms with Crippen molar-refractivity contribution in [3.05, 3.63) is 33.9 Å². The molecule has 2 rings (SSSR count). The van der Waals surface area contributed by atoms with Gasteiger partial charge in [-0.2, -0.15) is 13.2 Å². The molecule has 1 heterocycles. The minimum Gasteiger partial charge on any atom is -0.366 e. The van der Waals surface area contributed by atoms with E-state index in [9.17, 15) is 23.3 Å². The summed E-state index contributed by atoms with van der Waals surface area (Å²) in [5, 5.41) is 11.1. The normalized spacial score (nSPS) is 18.3. The van der Waals surface area contributed by atoms with E-state index in [2.05, 4.69) is 0 Å². The summed E-state index contributed by atoms with van der Waals surface area (Å²) in [7, 11) is 0. The maximum atomic E-state index is 12.7. The van der Waals surface area contributed by atoms with E-state index in [-0.39, 0.29) is 11.7 Å². The molecular weight excluding hydrogens is 299 g/mol. The van der Waals surface area contributed by atoms with Crippen molar-refractivity contribution in [2.24, 2.45) is 11.7 Å². The lowest BCUT2D eigenvalue weighted by Crippen LogP contribution is -2.40. The fraction of sp³-hybridized carbons (Fsp3) is 0.571. The van der Waals surface area contributed by atoms with E-state index < -0.39 is 22.4 Å². The summed E-state index contributed by atoms with van der Waals surface area (Å²) in [6.07, 6.45) is -3.04. The molecule has 0 spiro atoms. The third-order valence-electron chi connectivity index (χ3n) is 4.12. The fourth-order valence-electron chi connectivity index (χ4n) is 2.78. The quantitative estimate of drug-likeness (QED) is 0.686. The monoisotopic (exact) mass is 317 g/mol. The second kappa shape index (κ2) is 6.12. The molecule has 5 nitrogen and oxygen atoms in total. The Hall–Kier alpha value is -1.83. The fourth-order valence-corrected chi connectivity index (χ4v) is 2.78. The number of nitro benzene ring substituents is 1. The van der Waals surface area contributed by atoms with Crippen LogP contribution in [0.25, 0.3) is 0 Å². The number of anilines is 1. The number of benzene rings is 1. The Kier molecular flexibility index (Phi) is 4.60. The molecule has 1 aliphatic heterocycles. The van der Waals surface area contributed by atoms with Crippen molar-refractivity contribution in [3.8, 4) is 0 Å². The lowest BCUT2D eigenvalue weighted by molar-refractivity contribution is -0.384. The molecule has 0 amide bonds. The highest BCUT2D eigenvalue weighted by Crippen LogP contribution is 2.37. The molecule has 0 bridgehead atoms. The van der Waals surface area contributed by atoms with E-state index in [0.717, 1.165) is 18.9 Å². The third-order valence-corrected chi connectivity index (χ3v) is 4.12. The highest BCUT2D eigenvalue weighted by Gasteiger charge is 2.34. The molecule has 1 aliphatic rings. The number of halogens is 3. The van der Waals surface area contributed by atoms with Gasteiger partial charge in [-0.3, -0.25) is 10.1 Å². The van der Waals surface area contributed by atoms with Crippen LogP contribution in [-0.2, 0) is 6.18 Å². The molecule has 1 aromatic rings. The van der Waals surface area contributed by atoms with Gasteiger partial charge < -0.3 is 10.6 Å². The van der Waals surface area contributed by atoms with Crippen molar-refractivity contribution < 1.29 is 18.1 Å². The first-order valence-electron chi connectivity index (χ1n) is 7.06. The number of nitro groups is 1. The summed E-state index contributed by atoms with van der Waals surface area (Å²) in [6.45, 7) is 3.03. The number of hydrogen-bond acceptors (Lipinski definition) is 4. The molecule has 0 aliphatic carbocycles. The van der Waals surface area contributed by atoms with E-state index in [1.165, 1.54) is 6.07 Å². The van der Waals surface area contributed by atoms with Gasteiger partial charge in [0.25, 0.3) is 5.69 Å². The second-order valence-electron chi connectivity index (χ2n) is 5.64. The van der Waals surface area contributed by atoms with Crippen LogP contribution in [0.3, 0.4) is 0 Å². The Morgan fingerprint density at radius 1 is 1.36 bits per heavy atom. The molecule has 0 radical (unpaired) electrons. The van der Waals surface area contributed by atoms with Crippen LogP contribution >= 0.6 is 0 Å². The van der Waals surface area contributed by atoms with Crippen LogP contribution < -0.4 is 10.6 Å². The SMILES string of the molecule is CC(N)C1CCN(c2ccc(C(F)(F)F)cc2[N+](=O)[O-])CC1. The Morgan fingerprint density at radius 2 is 1.95 bits per heavy atom. The molecule has 122 valence electrons. The average molecular weight is 317 g/mol.